The van der Waals surface area contributed by atoms with Crippen LogP contribution < -0.4 is 5.32 Å². The van der Waals surface area contributed by atoms with Crippen molar-refractivity contribution in [1.82, 2.24) is 9.97 Å². The van der Waals surface area contributed by atoms with Crippen LogP contribution in [0.3, 0.4) is 0 Å². The maximum Gasteiger partial charge on any atom is 0.255 e. The molecule has 0 saturated heterocycles. The summed E-state index contributed by atoms with van der Waals surface area (Å²) in [5, 5.41) is 3.16. The predicted octanol–water partition coefficient (Wildman–Crippen LogP) is 5.37. The molecule has 2 aromatic heterocycles. The first-order valence-corrected chi connectivity index (χ1v) is 9.07. The van der Waals surface area contributed by atoms with Crippen LogP contribution in [0.15, 0.2) is 48.9 Å². The van der Waals surface area contributed by atoms with Crippen molar-refractivity contribution in [2.24, 2.45) is 0 Å². The highest BCUT2D eigenvalue weighted by Crippen LogP contribution is 2.39. The zero-order valence-electron chi connectivity index (χ0n) is 14.7. The molecule has 136 valence electrons. The van der Waals surface area contributed by atoms with Gasteiger partial charge in [-0.25, -0.2) is 4.39 Å². The van der Waals surface area contributed by atoms with Crippen molar-refractivity contribution in [3.8, 4) is 11.1 Å². The van der Waals surface area contributed by atoms with Gasteiger partial charge < -0.3 is 5.32 Å². The molecule has 1 amide bonds. The average Bonchev–Trinajstić information content (AvgIpc) is 3.49. The van der Waals surface area contributed by atoms with Gasteiger partial charge in [0.15, 0.2) is 0 Å². The number of aromatic nitrogens is 2. The van der Waals surface area contributed by atoms with E-state index in [2.05, 4.69) is 15.3 Å². The van der Waals surface area contributed by atoms with Crippen molar-refractivity contribution in [2.45, 2.75) is 25.7 Å². The number of hydrogen-bond acceptors (Lipinski definition) is 3. The zero-order chi connectivity index (χ0) is 19.0. The number of nitrogens with one attached hydrogen (secondary N) is 1. The van der Waals surface area contributed by atoms with Crippen LogP contribution >= 0.6 is 11.6 Å². The van der Waals surface area contributed by atoms with Crippen LogP contribution in [0.25, 0.3) is 11.1 Å². The predicted molar refractivity (Wildman–Crippen MR) is 104 cm³/mol. The summed E-state index contributed by atoms with van der Waals surface area (Å²) in [6.07, 6.45) is 7.01. The van der Waals surface area contributed by atoms with E-state index in [9.17, 15) is 9.18 Å². The first-order valence-electron chi connectivity index (χ1n) is 8.69. The van der Waals surface area contributed by atoms with E-state index in [-0.39, 0.29) is 11.6 Å². The van der Waals surface area contributed by atoms with Gasteiger partial charge in [0.2, 0.25) is 0 Å². The SMILES string of the molecule is Cc1cc(F)c(NC(=O)c2ccnc(C3CC3)c2)cc1-c1cncc(Cl)c1. The number of pyridine rings is 2. The van der Waals surface area contributed by atoms with Gasteiger partial charge in [0.05, 0.1) is 10.7 Å². The van der Waals surface area contributed by atoms with E-state index in [1.54, 1.807) is 43.6 Å². The number of anilines is 1. The average molecular weight is 382 g/mol. The van der Waals surface area contributed by atoms with Crippen molar-refractivity contribution in [2.75, 3.05) is 5.32 Å². The van der Waals surface area contributed by atoms with Gasteiger partial charge in [-0.3, -0.25) is 14.8 Å². The second-order valence-electron chi connectivity index (χ2n) is 6.74. The fourth-order valence-electron chi connectivity index (χ4n) is 3.03. The Kier molecular flexibility index (Phi) is 4.62. The van der Waals surface area contributed by atoms with Crippen molar-refractivity contribution >= 4 is 23.2 Å². The summed E-state index contributed by atoms with van der Waals surface area (Å²) in [5.74, 6) is -0.413. The molecule has 2 heterocycles. The van der Waals surface area contributed by atoms with Crippen LogP contribution in [-0.2, 0) is 0 Å². The fraction of sp³-hybridized carbons (Fsp3) is 0.190. The van der Waals surface area contributed by atoms with Gasteiger partial charge in [0, 0.05) is 41.3 Å². The zero-order valence-corrected chi connectivity index (χ0v) is 15.4. The van der Waals surface area contributed by atoms with Gasteiger partial charge in [-0.2, -0.15) is 0 Å². The van der Waals surface area contributed by atoms with E-state index in [0.29, 0.717) is 16.5 Å². The normalized spacial score (nSPS) is 13.4. The van der Waals surface area contributed by atoms with Crippen molar-refractivity contribution < 1.29 is 9.18 Å². The molecule has 4 nitrogen and oxygen atoms in total. The largest absolute Gasteiger partial charge is 0.319 e. The molecule has 1 fully saturated rings. The Bertz CT molecular complexity index is 1030. The second kappa shape index (κ2) is 7.08. The smallest absolute Gasteiger partial charge is 0.255 e. The molecule has 0 radical (unpaired) electrons. The molecule has 0 bridgehead atoms. The molecule has 4 rings (SSSR count). The van der Waals surface area contributed by atoms with Gasteiger partial charge in [-0.05, 0) is 61.2 Å². The summed E-state index contributed by atoms with van der Waals surface area (Å²) in [6, 6.07) is 8.17. The Morgan fingerprint density at radius 2 is 2.04 bits per heavy atom. The molecule has 1 N–H and O–H groups in total. The van der Waals surface area contributed by atoms with Crippen molar-refractivity contribution in [3.05, 3.63) is 76.6 Å². The molecular weight excluding hydrogens is 365 g/mol. The minimum atomic E-state index is -0.490. The molecule has 27 heavy (non-hydrogen) atoms. The summed E-state index contributed by atoms with van der Waals surface area (Å²) in [4.78, 5) is 21.0. The minimum absolute atomic E-state index is 0.116. The maximum atomic E-state index is 14.5. The number of hydrogen-bond donors (Lipinski definition) is 1. The number of amides is 1. The third-order valence-electron chi connectivity index (χ3n) is 4.62. The first-order chi connectivity index (χ1) is 13.0. The Balaban J connectivity index is 1.64. The van der Waals surface area contributed by atoms with Gasteiger partial charge in [0.25, 0.3) is 5.91 Å². The third-order valence-corrected chi connectivity index (χ3v) is 4.82. The highest BCUT2D eigenvalue weighted by Gasteiger charge is 2.25. The molecule has 6 heteroatoms. The first kappa shape index (κ1) is 17.6. The number of nitrogens with zero attached hydrogens (tertiary/aromatic N) is 2. The summed E-state index contributed by atoms with van der Waals surface area (Å²) < 4.78 is 14.5. The number of carbonyl (C=O) groups is 1. The van der Waals surface area contributed by atoms with Crippen molar-refractivity contribution in [3.63, 3.8) is 0 Å². The molecule has 1 saturated carbocycles. The lowest BCUT2D eigenvalue weighted by molar-refractivity contribution is 0.102. The number of carbonyl (C=O) groups excluding carboxylic acids is 1. The fourth-order valence-corrected chi connectivity index (χ4v) is 3.20. The van der Waals surface area contributed by atoms with Crippen LogP contribution in [0.1, 0.15) is 40.4 Å². The molecule has 0 unspecified atom stereocenters. The van der Waals surface area contributed by atoms with E-state index < -0.39 is 5.82 Å². The number of halogens is 2. The molecular formula is C21H17ClFN3O. The lowest BCUT2D eigenvalue weighted by atomic mass is 10.0. The summed E-state index contributed by atoms with van der Waals surface area (Å²) in [5.41, 5.74) is 3.75. The lowest BCUT2D eigenvalue weighted by Crippen LogP contribution is -2.14. The number of aryl methyl sites for hydroxylation is 1. The summed E-state index contributed by atoms with van der Waals surface area (Å²) >= 11 is 6.02. The molecule has 3 aromatic rings. The van der Waals surface area contributed by atoms with Crippen LogP contribution in [-0.4, -0.2) is 15.9 Å². The van der Waals surface area contributed by atoms with E-state index >= 15 is 0 Å². The Hall–Kier alpha value is -2.79. The van der Waals surface area contributed by atoms with E-state index in [4.69, 9.17) is 11.6 Å². The number of benzene rings is 1. The monoisotopic (exact) mass is 381 g/mol. The quantitative estimate of drug-likeness (QED) is 0.660. The Labute approximate surface area is 161 Å². The minimum Gasteiger partial charge on any atom is -0.319 e. The second-order valence-corrected chi connectivity index (χ2v) is 7.17. The van der Waals surface area contributed by atoms with Gasteiger partial charge in [-0.15, -0.1) is 0 Å². The number of rotatable bonds is 4. The topological polar surface area (TPSA) is 54.9 Å². The standard InChI is InChI=1S/C21H17ClFN3O/c1-12-6-18(23)20(9-17(12)15-7-16(22)11-24-10-15)26-21(27)14-4-5-25-19(8-14)13-2-3-13/h4-11,13H,2-3H2,1H3,(H,26,27). The van der Waals surface area contributed by atoms with Crippen LogP contribution in [0.2, 0.25) is 5.02 Å². The molecule has 0 spiro atoms. The molecule has 0 aliphatic heterocycles. The van der Waals surface area contributed by atoms with E-state index in [0.717, 1.165) is 35.2 Å². The van der Waals surface area contributed by atoms with Gasteiger partial charge in [-0.1, -0.05) is 11.6 Å². The van der Waals surface area contributed by atoms with Crippen LogP contribution in [0, 0.1) is 12.7 Å². The molecule has 1 aliphatic carbocycles. The third kappa shape index (κ3) is 3.83. The Morgan fingerprint density at radius 1 is 1.22 bits per heavy atom. The van der Waals surface area contributed by atoms with Crippen molar-refractivity contribution in [1.29, 1.82) is 0 Å². The van der Waals surface area contributed by atoms with E-state index in [1.807, 2.05) is 0 Å². The van der Waals surface area contributed by atoms with Gasteiger partial charge in [0.1, 0.15) is 5.82 Å². The highest BCUT2D eigenvalue weighted by molar-refractivity contribution is 6.30. The molecule has 1 aromatic carbocycles. The van der Waals surface area contributed by atoms with Crippen LogP contribution in [0.5, 0.6) is 0 Å². The van der Waals surface area contributed by atoms with Crippen LogP contribution in [0.4, 0.5) is 10.1 Å². The highest BCUT2D eigenvalue weighted by atomic mass is 35.5. The lowest BCUT2D eigenvalue weighted by Gasteiger charge is -2.12. The Morgan fingerprint density at radius 3 is 2.78 bits per heavy atom. The van der Waals surface area contributed by atoms with Gasteiger partial charge >= 0.3 is 0 Å². The molecule has 1 aliphatic rings. The summed E-state index contributed by atoms with van der Waals surface area (Å²) in [6.45, 7) is 1.80. The summed E-state index contributed by atoms with van der Waals surface area (Å²) in [7, 11) is 0. The van der Waals surface area contributed by atoms with E-state index in [1.165, 1.54) is 12.3 Å². The maximum absolute atomic E-state index is 14.5. The molecule has 0 atom stereocenters.